The van der Waals surface area contributed by atoms with Crippen LogP contribution < -0.4 is 5.73 Å². The van der Waals surface area contributed by atoms with Crippen molar-refractivity contribution >= 4 is 17.5 Å². The van der Waals surface area contributed by atoms with Gasteiger partial charge in [0.2, 0.25) is 5.78 Å². The normalized spacial score (nSPS) is 32.7. The van der Waals surface area contributed by atoms with Crippen LogP contribution in [-0.2, 0) is 22.6 Å². The van der Waals surface area contributed by atoms with E-state index in [1.54, 1.807) is 14.1 Å². The van der Waals surface area contributed by atoms with Crippen molar-refractivity contribution in [2.24, 2.45) is 29.4 Å². The maximum absolute atomic E-state index is 16.0. The van der Waals surface area contributed by atoms with Gasteiger partial charge in [-0.05, 0) is 57.2 Å². The number of phenolic OH excluding ortho intramolecular Hbond substituents is 1. The number of amides is 1. The van der Waals surface area contributed by atoms with Crippen LogP contribution in [-0.4, -0.2) is 86.5 Å². The highest BCUT2D eigenvalue weighted by molar-refractivity contribution is 6.24. The van der Waals surface area contributed by atoms with Crippen molar-refractivity contribution in [1.82, 2.24) is 9.80 Å². The summed E-state index contributed by atoms with van der Waals surface area (Å²) < 4.78 is 16.0. The third-order valence-corrected chi connectivity index (χ3v) is 9.07. The molecule has 1 aliphatic heterocycles. The molecule has 10 nitrogen and oxygen atoms in total. The molecular weight excluding hydrogens is 521 g/mol. The number of benzene rings is 1. The number of carbonyl (C=O) groups excluding carboxylic acids is 3. The molecule has 0 radical (unpaired) electrons. The third kappa shape index (κ3) is 4.05. The van der Waals surface area contributed by atoms with E-state index in [1.165, 1.54) is 11.0 Å². The van der Waals surface area contributed by atoms with Gasteiger partial charge in [-0.15, -0.1) is 0 Å². The Morgan fingerprint density at radius 1 is 1.15 bits per heavy atom. The van der Waals surface area contributed by atoms with Crippen LogP contribution in [0.3, 0.4) is 0 Å². The Bertz CT molecular complexity index is 1380. The number of aliphatic hydroxyl groups is 3. The molecule has 4 aliphatic rings. The van der Waals surface area contributed by atoms with Crippen LogP contribution in [0.5, 0.6) is 5.75 Å². The first-order valence-corrected chi connectivity index (χ1v) is 13.6. The van der Waals surface area contributed by atoms with E-state index in [2.05, 4.69) is 18.7 Å². The molecule has 1 aromatic rings. The first-order valence-electron chi connectivity index (χ1n) is 13.6. The van der Waals surface area contributed by atoms with Crippen LogP contribution in [0, 0.1) is 29.5 Å². The second kappa shape index (κ2) is 9.67. The minimum absolute atomic E-state index is 0.0197. The highest BCUT2D eigenvalue weighted by Crippen LogP contribution is 2.52. The van der Waals surface area contributed by atoms with Gasteiger partial charge in [-0.2, -0.15) is 0 Å². The molecule has 0 bridgehead atoms. The standard InChI is InChI=1S/C29H36FN3O7/c1-12-5-13(2)10-33(9-12)11-15-8-18(34)20-16(22(15)30)6-14-7-17-23(32(3)4)25(36)21(28(31)39)27(38)29(17,40)26(37)19(14)24(20)35/h8,12-14,17,23,34,36-37,40H,5-7,9-11H2,1-4H3,(H2,31,39)/t12-,13+,14-,17-,23-,29-/m0/s1. The third-order valence-electron chi connectivity index (χ3n) is 9.07. The minimum atomic E-state index is -2.72. The van der Waals surface area contributed by atoms with Crippen molar-refractivity contribution in [3.05, 3.63) is 51.2 Å². The molecule has 1 saturated heterocycles. The summed E-state index contributed by atoms with van der Waals surface area (Å²) in [5, 5.41) is 44.7. The molecule has 0 aromatic heterocycles. The van der Waals surface area contributed by atoms with Gasteiger partial charge in [-0.3, -0.25) is 24.2 Å². The van der Waals surface area contributed by atoms with Gasteiger partial charge in [-0.1, -0.05) is 13.8 Å². The lowest BCUT2D eigenvalue weighted by Gasteiger charge is -2.50. The number of piperidine rings is 1. The molecule has 3 aliphatic carbocycles. The van der Waals surface area contributed by atoms with Gasteiger partial charge in [-0.25, -0.2) is 4.39 Å². The van der Waals surface area contributed by atoms with Crippen LogP contribution in [0.25, 0.3) is 0 Å². The second-order valence-corrected chi connectivity index (χ2v) is 12.3. The summed E-state index contributed by atoms with van der Waals surface area (Å²) in [6.45, 7) is 6.12. The van der Waals surface area contributed by atoms with E-state index in [9.17, 15) is 34.8 Å². The Labute approximate surface area is 231 Å². The van der Waals surface area contributed by atoms with Gasteiger partial charge in [0.05, 0.1) is 11.6 Å². The molecule has 216 valence electrons. The van der Waals surface area contributed by atoms with Crippen molar-refractivity contribution in [2.75, 3.05) is 27.2 Å². The number of hydrogen-bond donors (Lipinski definition) is 5. The number of fused-ring (bicyclic) bond motifs is 3. The van der Waals surface area contributed by atoms with E-state index in [1.807, 2.05) is 0 Å². The van der Waals surface area contributed by atoms with Gasteiger partial charge in [0.25, 0.3) is 5.91 Å². The molecule has 0 spiro atoms. The molecule has 6 N–H and O–H groups in total. The predicted molar refractivity (Wildman–Crippen MR) is 142 cm³/mol. The summed E-state index contributed by atoms with van der Waals surface area (Å²) >= 11 is 0. The minimum Gasteiger partial charge on any atom is -0.510 e. The summed E-state index contributed by atoms with van der Waals surface area (Å²) in [5.74, 6) is -7.23. The lowest BCUT2D eigenvalue weighted by molar-refractivity contribution is -0.148. The number of allylic oxidation sites excluding steroid dienone is 1. The van der Waals surface area contributed by atoms with Crippen LogP contribution in [0.2, 0.25) is 0 Å². The Hall–Kier alpha value is -3.28. The zero-order valence-corrected chi connectivity index (χ0v) is 23.1. The molecule has 6 atom stereocenters. The Morgan fingerprint density at radius 3 is 2.35 bits per heavy atom. The number of halogens is 1. The number of ketones is 2. The second-order valence-electron chi connectivity index (χ2n) is 12.3. The molecule has 1 aromatic carbocycles. The topological polar surface area (TPSA) is 165 Å². The number of nitrogens with zero attached hydrogens (tertiary/aromatic N) is 2. The highest BCUT2D eigenvalue weighted by atomic mass is 19.1. The van der Waals surface area contributed by atoms with Crippen molar-refractivity contribution in [3.63, 3.8) is 0 Å². The number of aliphatic hydroxyl groups excluding tert-OH is 2. The number of rotatable bonds is 4. The van der Waals surface area contributed by atoms with Crippen molar-refractivity contribution in [3.8, 4) is 5.75 Å². The van der Waals surface area contributed by atoms with Crippen molar-refractivity contribution in [2.45, 2.75) is 51.3 Å². The zero-order valence-electron chi connectivity index (χ0n) is 23.1. The number of likely N-dealkylation sites (N-methyl/N-ethyl adjacent to an activating group) is 1. The Balaban J connectivity index is 1.60. The fourth-order valence-electron chi connectivity index (χ4n) is 7.63. The quantitative estimate of drug-likeness (QED) is 0.347. The van der Waals surface area contributed by atoms with E-state index in [0.717, 1.165) is 19.5 Å². The summed E-state index contributed by atoms with van der Waals surface area (Å²) in [7, 11) is 3.11. The highest BCUT2D eigenvalue weighted by Gasteiger charge is 2.63. The number of primary amides is 1. The Kier molecular flexibility index (Phi) is 6.83. The van der Waals surface area contributed by atoms with E-state index >= 15 is 4.39 Å². The monoisotopic (exact) mass is 557 g/mol. The number of carbonyl (C=O) groups is 3. The van der Waals surface area contributed by atoms with Gasteiger partial charge >= 0.3 is 0 Å². The summed E-state index contributed by atoms with van der Waals surface area (Å²) in [4.78, 5) is 42.7. The fraction of sp³-hybridized carbons (Fsp3) is 0.552. The molecular formula is C29H36FN3O7. The number of hydrogen-bond acceptors (Lipinski definition) is 9. The summed E-state index contributed by atoms with van der Waals surface area (Å²) in [6.07, 6.45) is 0.921. The van der Waals surface area contributed by atoms with E-state index in [0.29, 0.717) is 11.8 Å². The zero-order chi connectivity index (χ0) is 29.4. The number of aromatic hydroxyl groups is 1. The smallest absolute Gasteiger partial charge is 0.255 e. The first kappa shape index (κ1) is 28.3. The molecule has 1 amide bonds. The Morgan fingerprint density at radius 2 is 1.77 bits per heavy atom. The average molecular weight is 558 g/mol. The average Bonchev–Trinajstić information content (AvgIpc) is 2.83. The van der Waals surface area contributed by atoms with E-state index in [-0.39, 0.29) is 41.6 Å². The van der Waals surface area contributed by atoms with Crippen LogP contribution in [0.4, 0.5) is 4.39 Å². The number of nitrogens with two attached hydrogens (primary N) is 1. The molecule has 0 saturated carbocycles. The first-order chi connectivity index (χ1) is 18.7. The van der Waals surface area contributed by atoms with Crippen molar-refractivity contribution in [1.29, 1.82) is 0 Å². The largest absolute Gasteiger partial charge is 0.510 e. The van der Waals surface area contributed by atoms with Crippen LogP contribution in [0.15, 0.2) is 28.7 Å². The van der Waals surface area contributed by atoms with Gasteiger partial charge < -0.3 is 26.2 Å². The molecule has 40 heavy (non-hydrogen) atoms. The van der Waals surface area contributed by atoms with Gasteiger partial charge in [0, 0.05) is 42.3 Å². The van der Waals surface area contributed by atoms with Crippen LogP contribution in [0.1, 0.15) is 48.2 Å². The maximum Gasteiger partial charge on any atom is 0.255 e. The lowest BCUT2D eigenvalue weighted by atomic mass is 9.58. The van der Waals surface area contributed by atoms with Gasteiger partial charge in [0.1, 0.15) is 28.7 Å². The SMILES string of the molecule is C[C@@H]1C[C@H](C)CN(Cc2cc(O)c3c(c2F)C[C@H]2C[C@H]4[C@H](N(C)C)C(O)=C(C(N)=O)C(=O)[C@@]4(O)C(O)=C2C3=O)C1. The predicted octanol–water partition coefficient (Wildman–Crippen LogP) is 1.74. The van der Waals surface area contributed by atoms with Crippen LogP contribution >= 0.6 is 0 Å². The number of Topliss-reactive ketones (excluding diaryl/α,β-unsaturated/α-hetero) is 2. The molecule has 11 heteroatoms. The van der Waals surface area contributed by atoms with Gasteiger partial charge in [0.15, 0.2) is 11.4 Å². The molecule has 5 rings (SSSR count). The lowest BCUT2D eigenvalue weighted by Crippen LogP contribution is -2.63. The molecule has 0 unspecified atom stereocenters. The van der Waals surface area contributed by atoms with E-state index in [4.69, 9.17) is 5.73 Å². The number of likely N-dealkylation sites (tertiary alicyclic amines) is 1. The molecule has 1 heterocycles. The van der Waals surface area contributed by atoms with Crippen molar-refractivity contribution < 1.29 is 39.2 Å². The summed E-state index contributed by atoms with van der Waals surface area (Å²) in [6, 6.07) is 0.131. The summed E-state index contributed by atoms with van der Waals surface area (Å²) in [5.41, 5.74) is 1.41. The number of phenols is 1. The maximum atomic E-state index is 16.0. The molecule has 1 fully saturated rings. The van der Waals surface area contributed by atoms with E-state index < -0.39 is 69.6 Å². The fourth-order valence-corrected chi connectivity index (χ4v) is 7.63.